The third kappa shape index (κ3) is 7.17. The van der Waals surface area contributed by atoms with Crippen molar-refractivity contribution in [3.63, 3.8) is 0 Å². The average molecular weight is 506 g/mol. The maximum absolute atomic E-state index is 13.5. The number of anilines is 1. The van der Waals surface area contributed by atoms with E-state index in [-0.39, 0.29) is 24.2 Å². The van der Waals surface area contributed by atoms with E-state index < -0.39 is 34.3 Å². The van der Waals surface area contributed by atoms with E-state index in [1.165, 1.54) is 42.3 Å². The predicted octanol–water partition coefficient (Wildman–Crippen LogP) is 3.08. The van der Waals surface area contributed by atoms with Crippen LogP contribution < -0.4 is 14.4 Å². The van der Waals surface area contributed by atoms with Crippen molar-refractivity contribution in [2.45, 2.75) is 51.2 Å². The first-order chi connectivity index (χ1) is 16.6. The van der Waals surface area contributed by atoms with Crippen LogP contribution in [0.25, 0.3) is 0 Å². The first kappa shape index (κ1) is 26.5. The zero-order valence-corrected chi connectivity index (χ0v) is 21.1. The van der Waals surface area contributed by atoms with Crippen molar-refractivity contribution in [1.29, 1.82) is 0 Å². The lowest BCUT2D eigenvalue weighted by Gasteiger charge is -2.32. The van der Waals surface area contributed by atoms with E-state index in [1.54, 1.807) is 25.1 Å². The number of sulfonamides is 1. The molecule has 1 unspecified atom stereocenters. The molecule has 1 aliphatic rings. The number of benzene rings is 2. The molecule has 0 bridgehead atoms. The number of nitrogens with zero attached hydrogens (tertiary/aromatic N) is 2. The molecule has 2 amide bonds. The first-order valence-electron chi connectivity index (χ1n) is 11.5. The molecule has 3 rings (SSSR count). The van der Waals surface area contributed by atoms with Gasteiger partial charge in [0.25, 0.3) is 0 Å². The van der Waals surface area contributed by atoms with Crippen LogP contribution in [-0.2, 0) is 26.2 Å². The quantitative estimate of drug-likeness (QED) is 0.535. The summed E-state index contributed by atoms with van der Waals surface area (Å²) in [4.78, 5) is 27.9. The highest BCUT2D eigenvalue weighted by Crippen LogP contribution is 2.24. The summed E-state index contributed by atoms with van der Waals surface area (Å²) in [6.45, 7) is 1.13. The Bertz CT molecular complexity index is 1130. The lowest BCUT2D eigenvalue weighted by Crippen LogP contribution is -2.52. The molecular weight excluding hydrogens is 473 g/mol. The zero-order chi connectivity index (χ0) is 25.6. The third-order valence-electron chi connectivity index (χ3n) is 6.16. The standard InChI is InChI=1S/C25H32FN3O5S/c1-18(25(31)27-21-7-4-5-8-21)28(16-19-11-13-20(26)14-12-19)24(30)17-29(35(3,32)33)22-9-6-10-23(15-22)34-2/h6,9-15,18,21H,4-5,7-8,16-17H2,1-3H3,(H,27,31). The number of halogens is 1. The molecule has 8 nitrogen and oxygen atoms in total. The molecule has 0 saturated heterocycles. The molecule has 0 aromatic heterocycles. The summed E-state index contributed by atoms with van der Waals surface area (Å²) in [5.41, 5.74) is 0.887. The average Bonchev–Trinajstić information content (AvgIpc) is 3.33. The maximum Gasteiger partial charge on any atom is 0.244 e. The summed E-state index contributed by atoms with van der Waals surface area (Å²) in [5, 5.41) is 3.00. The van der Waals surface area contributed by atoms with E-state index >= 15 is 0 Å². The fourth-order valence-electron chi connectivity index (χ4n) is 4.14. The Morgan fingerprint density at radius 1 is 1.14 bits per heavy atom. The molecule has 190 valence electrons. The molecule has 0 radical (unpaired) electrons. The summed E-state index contributed by atoms with van der Waals surface area (Å²) in [5.74, 6) is -0.840. The zero-order valence-electron chi connectivity index (χ0n) is 20.2. The predicted molar refractivity (Wildman–Crippen MR) is 132 cm³/mol. The molecule has 1 fully saturated rings. The van der Waals surface area contributed by atoms with Gasteiger partial charge < -0.3 is 15.0 Å². The van der Waals surface area contributed by atoms with Gasteiger partial charge in [-0.3, -0.25) is 13.9 Å². The minimum absolute atomic E-state index is 0.0219. The van der Waals surface area contributed by atoms with Gasteiger partial charge in [-0.1, -0.05) is 31.0 Å². The van der Waals surface area contributed by atoms with Crippen LogP contribution in [0.1, 0.15) is 38.2 Å². The van der Waals surface area contributed by atoms with E-state index in [0.717, 1.165) is 36.2 Å². The van der Waals surface area contributed by atoms with Gasteiger partial charge in [0.1, 0.15) is 24.2 Å². The third-order valence-corrected chi connectivity index (χ3v) is 7.30. The van der Waals surface area contributed by atoms with E-state index in [2.05, 4.69) is 5.32 Å². The second-order valence-electron chi connectivity index (χ2n) is 8.79. The monoisotopic (exact) mass is 505 g/mol. The van der Waals surface area contributed by atoms with Crippen molar-refractivity contribution in [3.8, 4) is 5.75 Å². The van der Waals surface area contributed by atoms with Gasteiger partial charge in [-0.25, -0.2) is 12.8 Å². The van der Waals surface area contributed by atoms with Crippen molar-refractivity contribution in [1.82, 2.24) is 10.2 Å². The summed E-state index contributed by atoms with van der Waals surface area (Å²) in [6, 6.07) is 11.2. The lowest BCUT2D eigenvalue weighted by atomic mass is 10.1. The molecule has 1 saturated carbocycles. The Hall–Kier alpha value is -3.14. The maximum atomic E-state index is 13.5. The van der Waals surface area contributed by atoms with E-state index in [0.29, 0.717) is 11.3 Å². The van der Waals surface area contributed by atoms with Crippen LogP contribution in [-0.4, -0.2) is 57.1 Å². The molecule has 2 aromatic rings. The Morgan fingerprint density at radius 2 is 1.80 bits per heavy atom. The van der Waals surface area contributed by atoms with Gasteiger partial charge in [0.15, 0.2) is 0 Å². The van der Waals surface area contributed by atoms with Gasteiger partial charge >= 0.3 is 0 Å². The molecule has 0 heterocycles. The highest BCUT2D eigenvalue weighted by Gasteiger charge is 2.31. The number of carbonyl (C=O) groups is 2. The molecule has 0 aliphatic heterocycles. The minimum Gasteiger partial charge on any atom is -0.497 e. The van der Waals surface area contributed by atoms with Crippen LogP contribution in [0.5, 0.6) is 5.75 Å². The van der Waals surface area contributed by atoms with Gasteiger partial charge in [0, 0.05) is 18.7 Å². The van der Waals surface area contributed by atoms with Gasteiger partial charge in [-0.05, 0) is 49.6 Å². The number of nitrogens with one attached hydrogen (secondary N) is 1. The molecule has 1 aliphatic carbocycles. The topological polar surface area (TPSA) is 96.0 Å². The van der Waals surface area contributed by atoms with Crippen molar-refractivity contribution in [2.75, 3.05) is 24.2 Å². The highest BCUT2D eigenvalue weighted by molar-refractivity contribution is 7.92. The first-order valence-corrected chi connectivity index (χ1v) is 13.4. The molecule has 1 N–H and O–H groups in total. The smallest absolute Gasteiger partial charge is 0.244 e. The Balaban J connectivity index is 1.88. The summed E-state index contributed by atoms with van der Waals surface area (Å²) in [7, 11) is -2.37. The molecule has 0 spiro atoms. The van der Waals surface area contributed by atoms with E-state index in [9.17, 15) is 22.4 Å². The summed E-state index contributed by atoms with van der Waals surface area (Å²) >= 11 is 0. The van der Waals surface area contributed by atoms with Crippen molar-refractivity contribution in [3.05, 3.63) is 59.9 Å². The Morgan fingerprint density at radius 3 is 2.40 bits per heavy atom. The molecule has 2 aromatic carbocycles. The second kappa shape index (κ2) is 11.5. The number of hydrogen-bond acceptors (Lipinski definition) is 5. The molecule has 10 heteroatoms. The normalized spacial score (nSPS) is 14.9. The number of ether oxygens (including phenoxy) is 1. The Labute approximate surface area is 206 Å². The molecule has 1 atom stereocenters. The lowest BCUT2D eigenvalue weighted by molar-refractivity contribution is -0.139. The van der Waals surface area contributed by atoms with Crippen LogP contribution in [0.15, 0.2) is 48.5 Å². The number of carbonyl (C=O) groups excluding carboxylic acids is 2. The van der Waals surface area contributed by atoms with Crippen LogP contribution in [0.2, 0.25) is 0 Å². The van der Waals surface area contributed by atoms with E-state index in [4.69, 9.17) is 4.74 Å². The SMILES string of the molecule is COc1cccc(N(CC(=O)N(Cc2ccc(F)cc2)C(C)C(=O)NC2CCCC2)S(C)(=O)=O)c1. The number of hydrogen-bond donors (Lipinski definition) is 1. The number of rotatable bonds is 10. The van der Waals surface area contributed by atoms with Crippen molar-refractivity contribution < 1.29 is 27.1 Å². The molecule has 35 heavy (non-hydrogen) atoms. The fourth-order valence-corrected chi connectivity index (χ4v) is 4.98. The van der Waals surface area contributed by atoms with Gasteiger partial charge in [0.2, 0.25) is 21.8 Å². The minimum atomic E-state index is -3.83. The van der Waals surface area contributed by atoms with Crippen LogP contribution >= 0.6 is 0 Å². The van der Waals surface area contributed by atoms with Crippen LogP contribution in [0.3, 0.4) is 0 Å². The van der Waals surface area contributed by atoms with Crippen LogP contribution in [0.4, 0.5) is 10.1 Å². The van der Waals surface area contributed by atoms with Gasteiger partial charge in [-0.15, -0.1) is 0 Å². The fraction of sp³-hybridized carbons (Fsp3) is 0.440. The second-order valence-corrected chi connectivity index (χ2v) is 10.7. The van der Waals surface area contributed by atoms with E-state index in [1.807, 2.05) is 0 Å². The Kier molecular flexibility index (Phi) is 8.71. The largest absolute Gasteiger partial charge is 0.497 e. The highest BCUT2D eigenvalue weighted by atomic mass is 32.2. The van der Waals surface area contributed by atoms with Crippen LogP contribution in [0, 0.1) is 5.82 Å². The summed E-state index contributed by atoms with van der Waals surface area (Å²) < 4.78 is 44.8. The number of methoxy groups -OCH3 is 1. The summed E-state index contributed by atoms with van der Waals surface area (Å²) in [6.07, 6.45) is 4.88. The van der Waals surface area contributed by atoms with Crippen molar-refractivity contribution >= 4 is 27.5 Å². The van der Waals surface area contributed by atoms with Crippen molar-refractivity contribution in [2.24, 2.45) is 0 Å². The number of amides is 2. The van der Waals surface area contributed by atoms with Gasteiger partial charge in [0.05, 0.1) is 19.1 Å². The van der Waals surface area contributed by atoms with Gasteiger partial charge in [-0.2, -0.15) is 0 Å². The molecular formula is C25H32FN3O5S.